The largest absolute Gasteiger partial charge is 0.477 e. The van der Waals surface area contributed by atoms with Crippen LogP contribution in [-0.2, 0) is 18.1 Å². The van der Waals surface area contributed by atoms with E-state index < -0.39 is 24.6 Å². The molecule has 0 amide bonds. The van der Waals surface area contributed by atoms with Gasteiger partial charge in [-0.1, -0.05) is 123 Å². The lowest BCUT2D eigenvalue weighted by molar-refractivity contribution is -0.0446. The molecule has 3 aliphatic carbocycles. The summed E-state index contributed by atoms with van der Waals surface area (Å²) in [5.41, 5.74) is -2.67. The molecule has 32 heavy (non-hydrogen) atoms. The van der Waals surface area contributed by atoms with Crippen LogP contribution in [0, 0.1) is 17.8 Å². The summed E-state index contributed by atoms with van der Waals surface area (Å²) < 4.78 is 36.5. The molecule has 0 aromatic heterocycles. The van der Waals surface area contributed by atoms with E-state index in [2.05, 4.69) is 47.8 Å². The summed E-state index contributed by atoms with van der Waals surface area (Å²) in [6, 6.07) is 0. The van der Waals surface area contributed by atoms with E-state index in [1.54, 1.807) is 0 Å². The average molecular weight is 653 g/mol. The molecule has 0 aromatic carbocycles. The molecule has 0 aliphatic heterocycles. The Bertz CT molecular complexity index is 874. The highest BCUT2D eigenvalue weighted by Gasteiger charge is 2.51. The summed E-state index contributed by atoms with van der Waals surface area (Å²) in [4.78, 5) is 0. The van der Waals surface area contributed by atoms with E-state index in [0.29, 0.717) is 0 Å². The summed E-state index contributed by atoms with van der Waals surface area (Å²) in [6.07, 6.45) is 17.3. The van der Waals surface area contributed by atoms with Gasteiger partial charge in [-0.3, -0.25) is 13.6 Å². The summed E-state index contributed by atoms with van der Waals surface area (Å²) >= 11 is 10.8. The summed E-state index contributed by atoms with van der Waals surface area (Å²) in [6.45, 7) is 11.8. The third-order valence-electron chi connectivity index (χ3n) is 6.79. The van der Waals surface area contributed by atoms with Crippen molar-refractivity contribution in [2.45, 2.75) is 58.3 Å². The molecule has 8 heteroatoms. The van der Waals surface area contributed by atoms with Crippen molar-refractivity contribution in [3.63, 3.8) is 0 Å². The molecule has 6 unspecified atom stereocenters. The van der Waals surface area contributed by atoms with Crippen LogP contribution in [0.1, 0.15) is 41.5 Å². The van der Waals surface area contributed by atoms with E-state index in [0.717, 1.165) is 13.4 Å². The van der Waals surface area contributed by atoms with Gasteiger partial charge in [0, 0.05) is 31.2 Å². The predicted octanol–water partition coefficient (Wildman–Crippen LogP) is 8.87. The van der Waals surface area contributed by atoms with Gasteiger partial charge in [-0.2, -0.15) is 0 Å². The minimum absolute atomic E-state index is 0.0782. The Balaban J connectivity index is 2.01. The lowest BCUT2D eigenvalue weighted by atomic mass is 9.87. The SMILES string of the molecule is CC1C(Br)=CC=CC1(C)OP(=O)(OC1(C)C=CC=C(Br)C1C)OC1(C)C=CC=C(Br)C1C. The maximum absolute atomic E-state index is 14.5. The Morgan fingerprint density at radius 1 is 0.656 bits per heavy atom. The van der Waals surface area contributed by atoms with Crippen molar-refractivity contribution in [2.75, 3.05) is 0 Å². The molecule has 0 heterocycles. The fraction of sp³-hybridized carbons (Fsp3) is 0.500. The van der Waals surface area contributed by atoms with Gasteiger partial charge < -0.3 is 0 Å². The molecule has 6 atom stereocenters. The second-order valence-corrected chi connectivity index (χ2v) is 13.4. The second kappa shape index (κ2) is 9.56. The molecule has 3 rings (SSSR count). The summed E-state index contributed by atoms with van der Waals surface area (Å²) in [5, 5.41) is 0. The van der Waals surface area contributed by atoms with E-state index >= 15 is 0 Å². The van der Waals surface area contributed by atoms with Crippen molar-refractivity contribution in [1.82, 2.24) is 0 Å². The van der Waals surface area contributed by atoms with Gasteiger partial charge >= 0.3 is 7.82 Å². The maximum atomic E-state index is 14.5. The second-order valence-electron chi connectivity index (χ2n) is 9.17. The van der Waals surface area contributed by atoms with E-state index in [1.807, 2.05) is 96.2 Å². The predicted molar refractivity (Wildman–Crippen MR) is 142 cm³/mol. The first kappa shape index (κ1) is 26.6. The number of allylic oxidation sites excluding steroid dienone is 6. The summed E-state index contributed by atoms with van der Waals surface area (Å²) in [7, 11) is -4.11. The zero-order chi connectivity index (χ0) is 23.9. The average Bonchev–Trinajstić information content (AvgIpc) is 2.68. The van der Waals surface area contributed by atoms with Gasteiger partial charge in [0.05, 0.1) is 0 Å². The van der Waals surface area contributed by atoms with Gasteiger partial charge in [0.1, 0.15) is 16.8 Å². The summed E-state index contributed by atoms with van der Waals surface area (Å²) in [5.74, 6) is -0.235. The van der Waals surface area contributed by atoms with Crippen LogP contribution in [-0.4, -0.2) is 16.8 Å². The topological polar surface area (TPSA) is 44.8 Å². The lowest BCUT2D eigenvalue weighted by Gasteiger charge is -2.44. The molecule has 0 radical (unpaired) electrons. The van der Waals surface area contributed by atoms with Gasteiger partial charge in [-0.15, -0.1) is 0 Å². The smallest absolute Gasteiger partial charge is 0.276 e. The molecule has 176 valence electrons. The van der Waals surface area contributed by atoms with Crippen molar-refractivity contribution < 1.29 is 18.1 Å². The number of hydrogen-bond donors (Lipinski definition) is 0. The molecule has 0 aromatic rings. The molecular weight excluding hydrogens is 623 g/mol. The monoisotopic (exact) mass is 650 g/mol. The van der Waals surface area contributed by atoms with Crippen molar-refractivity contribution in [2.24, 2.45) is 17.8 Å². The fourth-order valence-corrected chi connectivity index (χ4v) is 7.82. The lowest BCUT2D eigenvalue weighted by Crippen LogP contribution is -2.42. The Morgan fingerprint density at radius 2 is 0.906 bits per heavy atom. The first-order chi connectivity index (χ1) is 14.7. The fourth-order valence-electron chi connectivity index (χ4n) is 3.79. The molecular formula is C24H30Br3O4P. The van der Waals surface area contributed by atoms with Crippen LogP contribution < -0.4 is 0 Å². The maximum Gasteiger partial charge on any atom is 0.477 e. The van der Waals surface area contributed by atoms with E-state index in [-0.39, 0.29) is 17.8 Å². The van der Waals surface area contributed by atoms with Crippen molar-refractivity contribution in [1.29, 1.82) is 0 Å². The number of halogens is 3. The normalized spacial score (nSPS) is 41.0. The first-order valence-corrected chi connectivity index (χ1v) is 14.4. The number of rotatable bonds is 6. The van der Waals surface area contributed by atoms with E-state index in [1.165, 1.54) is 0 Å². The minimum atomic E-state index is -4.11. The Hall–Kier alpha value is -0.0100. The number of hydrogen-bond acceptors (Lipinski definition) is 4. The van der Waals surface area contributed by atoms with Crippen LogP contribution in [0.4, 0.5) is 0 Å². The Kier molecular flexibility index (Phi) is 7.95. The highest BCUT2D eigenvalue weighted by Crippen LogP contribution is 2.63. The number of phosphoric ester groups is 1. The molecule has 0 saturated carbocycles. The van der Waals surface area contributed by atoms with Gasteiger partial charge in [-0.05, 0) is 20.8 Å². The standard InChI is InChI=1S/C24H30Br3O4P/c1-16-19(25)10-7-13-22(16,4)29-32(28,30-23(5)14-8-11-20(26)17(23)2)31-24(6)15-9-12-21(27)18(24)3/h7-18H,1-6H3. The van der Waals surface area contributed by atoms with Crippen LogP contribution >= 0.6 is 55.6 Å². The van der Waals surface area contributed by atoms with Crippen LogP contribution in [0.2, 0.25) is 0 Å². The highest BCUT2D eigenvalue weighted by atomic mass is 79.9. The molecule has 3 aliphatic rings. The molecule has 0 saturated heterocycles. The third-order valence-corrected chi connectivity index (χ3v) is 11.5. The highest BCUT2D eigenvalue weighted by molar-refractivity contribution is 9.12. The van der Waals surface area contributed by atoms with Crippen molar-refractivity contribution >= 4 is 55.6 Å². The molecule has 0 N–H and O–H groups in total. The molecule has 0 spiro atoms. The number of phosphoric acid groups is 1. The van der Waals surface area contributed by atoms with Crippen molar-refractivity contribution in [3.8, 4) is 0 Å². The molecule has 4 nitrogen and oxygen atoms in total. The van der Waals surface area contributed by atoms with Gasteiger partial charge in [0.2, 0.25) is 0 Å². The van der Waals surface area contributed by atoms with Crippen LogP contribution in [0.25, 0.3) is 0 Å². The Morgan fingerprint density at radius 3 is 1.16 bits per heavy atom. The first-order valence-electron chi connectivity index (χ1n) is 10.6. The zero-order valence-corrected chi connectivity index (χ0v) is 24.8. The van der Waals surface area contributed by atoms with Crippen LogP contribution in [0.15, 0.2) is 68.1 Å². The zero-order valence-electron chi connectivity index (χ0n) is 19.1. The molecule has 0 fully saturated rings. The third kappa shape index (κ3) is 5.30. The Labute approximate surface area is 216 Å². The minimum Gasteiger partial charge on any atom is -0.276 e. The van der Waals surface area contributed by atoms with Crippen LogP contribution in [0.5, 0.6) is 0 Å². The molecule has 0 bridgehead atoms. The van der Waals surface area contributed by atoms with Crippen molar-refractivity contribution in [3.05, 3.63) is 68.1 Å². The van der Waals surface area contributed by atoms with E-state index in [9.17, 15) is 4.57 Å². The van der Waals surface area contributed by atoms with Gasteiger partial charge in [0.15, 0.2) is 0 Å². The van der Waals surface area contributed by atoms with Gasteiger partial charge in [0.25, 0.3) is 0 Å². The quantitative estimate of drug-likeness (QED) is 0.269. The van der Waals surface area contributed by atoms with E-state index in [4.69, 9.17) is 13.6 Å². The van der Waals surface area contributed by atoms with Gasteiger partial charge in [-0.25, -0.2) is 4.57 Å². The van der Waals surface area contributed by atoms with Crippen LogP contribution in [0.3, 0.4) is 0 Å².